The summed E-state index contributed by atoms with van der Waals surface area (Å²) in [6.45, 7) is 4.29. The smallest absolute Gasteiger partial charge is 0.243 e. The molecule has 0 aliphatic heterocycles. The summed E-state index contributed by atoms with van der Waals surface area (Å²) in [5.74, 6) is 0.547. The molecule has 0 saturated carbocycles. The van der Waals surface area contributed by atoms with Gasteiger partial charge in [0.1, 0.15) is 6.04 Å². The van der Waals surface area contributed by atoms with Gasteiger partial charge in [0.05, 0.1) is 15.8 Å². The third-order valence-electron chi connectivity index (χ3n) is 6.02. The van der Waals surface area contributed by atoms with E-state index in [1.807, 2.05) is 68.4 Å². The summed E-state index contributed by atoms with van der Waals surface area (Å²) in [7, 11) is 0. The number of nitrogens with zero attached hydrogens (tertiary/aromatic N) is 1. The number of carbonyl (C=O) groups excluding carboxylic acids is 2. The van der Waals surface area contributed by atoms with Crippen LogP contribution in [0, 0.1) is 0 Å². The standard InChI is InChI=1S/C29H31Cl3N2O2S/c1-3-20(2)33-29(36)27(16-21-7-5-4-6-8-21)34(17-22-9-12-24(30)13-10-22)28(35)19-37-18-23-11-14-25(31)26(32)15-23/h4-15,20,27H,3,16-19H2,1-2H3,(H,33,36)/t20-,27-/m1/s1. The van der Waals surface area contributed by atoms with Gasteiger partial charge in [0.25, 0.3) is 0 Å². The van der Waals surface area contributed by atoms with Crippen LogP contribution < -0.4 is 5.32 Å². The van der Waals surface area contributed by atoms with Gasteiger partial charge in [0, 0.05) is 29.8 Å². The van der Waals surface area contributed by atoms with Crippen molar-refractivity contribution >= 4 is 58.4 Å². The maximum atomic E-state index is 13.7. The summed E-state index contributed by atoms with van der Waals surface area (Å²) in [6, 6.07) is 21.9. The van der Waals surface area contributed by atoms with Crippen molar-refractivity contribution in [1.82, 2.24) is 10.2 Å². The molecule has 0 fully saturated rings. The van der Waals surface area contributed by atoms with Gasteiger partial charge in [-0.3, -0.25) is 9.59 Å². The first-order valence-corrected chi connectivity index (χ1v) is 14.5. The van der Waals surface area contributed by atoms with Gasteiger partial charge >= 0.3 is 0 Å². The predicted octanol–water partition coefficient (Wildman–Crippen LogP) is 7.43. The van der Waals surface area contributed by atoms with E-state index in [-0.39, 0.29) is 23.6 Å². The van der Waals surface area contributed by atoms with E-state index in [0.29, 0.717) is 33.8 Å². The van der Waals surface area contributed by atoms with Crippen molar-refractivity contribution in [3.05, 3.63) is 105 Å². The molecule has 196 valence electrons. The molecule has 2 atom stereocenters. The molecule has 1 N–H and O–H groups in total. The number of nitrogens with one attached hydrogen (secondary N) is 1. The molecule has 0 saturated heterocycles. The summed E-state index contributed by atoms with van der Waals surface area (Å²) in [6.07, 6.45) is 1.22. The summed E-state index contributed by atoms with van der Waals surface area (Å²) >= 11 is 19.7. The highest BCUT2D eigenvalue weighted by molar-refractivity contribution is 7.99. The molecule has 0 radical (unpaired) electrons. The molecular formula is C29H31Cl3N2O2S. The zero-order chi connectivity index (χ0) is 26.8. The van der Waals surface area contributed by atoms with Gasteiger partial charge in [-0.25, -0.2) is 0 Å². The van der Waals surface area contributed by atoms with Gasteiger partial charge in [-0.1, -0.05) is 90.3 Å². The molecule has 0 aromatic heterocycles. The van der Waals surface area contributed by atoms with Crippen LogP contribution in [0.25, 0.3) is 0 Å². The fourth-order valence-corrected chi connectivity index (χ4v) is 5.05. The first-order valence-electron chi connectivity index (χ1n) is 12.2. The maximum Gasteiger partial charge on any atom is 0.243 e. The molecule has 0 aliphatic rings. The second kappa shape index (κ2) is 14.7. The summed E-state index contributed by atoms with van der Waals surface area (Å²) in [5.41, 5.74) is 2.87. The molecule has 2 amide bonds. The molecule has 0 spiro atoms. The van der Waals surface area contributed by atoms with Crippen LogP contribution in [0.1, 0.15) is 37.0 Å². The van der Waals surface area contributed by atoms with Crippen LogP contribution in [0.5, 0.6) is 0 Å². The molecule has 0 aliphatic carbocycles. The highest BCUT2D eigenvalue weighted by Gasteiger charge is 2.30. The minimum atomic E-state index is -0.662. The highest BCUT2D eigenvalue weighted by Crippen LogP contribution is 2.25. The van der Waals surface area contributed by atoms with Gasteiger partial charge < -0.3 is 10.2 Å². The Morgan fingerprint density at radius 1 is 0.892 bits per heavy atom. The average molecular weight is 578 g/mol. The van der Waals surface area contributed by atoms with E-state index in [9.17, 15) is 9.59 Å². The first-order chi connectivity index (χ1) is 17.8. The van der Waals surface area contributed by atoms with Gasteiger partial charge in [-0.2, -0.15) is 0 Å². The summed E-state index contributed by atoms with van der Waals surface area (Å²) in [4.78, 5) is 28.9. The number of hydrogen-bond acceptors (Lipinski definition) is 3. The number of amides is 2. The SMILES string of the molecule is CC[C@@H](C)NC(=O)[C@@H](Cc1ccccc1)N(Cc1ccc(Cl)cc1)C(=O)CSCc1ccc(Cl)c(Cl)c1. The lowest BCUT2D eigenvalue weighted by Gasteiger charge is -2.32. The number of hydrogen-bond donors (Lipinski definition) is 1. The second-order valence-corrected chi connectivity index (χ2v) is 11.1. The lowest BCUT2D eigenvalue weighted by molar-refractivity contribution is -0.139. The molecular weight excluding hydrogens is 547 g/mol. The third-order valence-corrected chi connectivity index (χ3v) is 8.00. The van der Waals surface area contributed by atoms with Crippen molar-refractivity contribution in [2.45, 2.75) is 51.1 Å². The zero-order valence-corrected chi connectivity index (χ0v) is 24.0. The minimum Gasteiger partial charge on any atom is -0.352 e. The molecule has 0 unspecified atom stereocenters. The molecule has 3 rings (SSSR count). The summed E-state index contributed by atoms with van der Waals surface area (Å²) < 4.78 is 0. The quantitative estimate of drug-likeness (QED) is 0.243. The Balaban J connectivity index is 1.84. The van der Waals surface area contributed by atoms with Gasteiger partial charge in [0.2, 0.25) is 11.8 Å². The van der Waals surface area contributed by atoms with E-state index in [1.165, 1.54) is 11.8 Å². The van der Waals surface area contributed by atoms with Crippen LogP contribution in [-0.4, -0.2) is 34.6 Å². The lowest BCUT2D eigenvalue weighted by Crippen LogP contribution is -2.52. The molecule has 3 aromatic carbocycles. The fraction of sp³-hybridized carbons (Fsp3) is 0.310. The molecule has 37 heavy (non-hydrogen) atoms. The number of halogens is 3. The Bertz CT molecular complexity index is 1180. The van der Waals surface area contributed by atoms with Crippen molar-refractivity contribution in [1.29, 1.82) is 0 Å². The van der Waals surface area contributed by atoms with Crippen LogP contribution in [0.2, 0.25) is 15.1 Å². The van der Waals surface area contributed by atoms with Crippen molar-refractivity contribution in [2.75, 3.05) is 5.75 Å². The topological polar surface area (TPSA) is 49.4 Å². The number of benzene rings is 3. The molecule has 0 bridgehead atoms. The lowest BCUT2D eigenvalue weighted by atomic mass is 10.0. The van der Waals surface area contributed by atoms with Crippen LogP contribution >= 0.6 is 46.6 Å². The van der Waals surface area contributed by atoms with Crippen LogP contribution in [0.3, 0.4) is 0 Å². The Hall–Kier alpha value is -2.18. The van der Waals surface area contributed by atoms with E-state index < -0.39 is 6.04 Å². The number of carbonyl (C=O) groups is 2. The molecule has 8 heteroatoms. The predicted molar refractivity (Wildman–Crippen MR) is 156 cm³/mol. The number of thioether (sulfide) groups is 1. The molecule has 3 aromatic rings. The molecule has 4 nitrogen and oxygen atoms in total. The van der Waals surface area contributed by atoms with E-state index in [1.54, 1.807) is 23.1 Å². The highest BCUT2D eigenvalue weighted by atomic mass is 35.5. The largest absolute Gasteiger partial charge is 0.352 e. The minimum absolute atomic E-state index is 0.00212. The monoisotopic (exact) mass is 576 g/mol. The average Bonchev–Trinajstić information content (AvgIpc) is 2.89. The molecule has 0 heterocycles. The van der Waals surface area contributed by atoms with Gasteiger partial charge in [-0.15, -0.1) is 11.8 Å². The Morgan fingerprint density at radius 2 is 1.57 bits per heavy atom. The van der Waals surface area contributed by atoms with Crippen molar-refractivity contribution < 1.29 is 9.59 Å². The van der Waals surface area contributed by atoms with E-state index in [2.05, 4.69) is 5.32 Å². The zero-order valence-electron chi connectivity index (χ0n) is 20.9. The normalized spacial score (nSPS) is 12.6. The third kappa shape index (κ3) is 9.26. The fourth-order valence-electron chi connectivity index (χ4n) is 3.75. The van der Waals surface area contributed by atoms with Crippen molar-refractivity contribution in [3.8, 4) is 0 Å². The van der Waals surface area contributed by atoms with Gasteiger partial charge in [0.15, 0.2) is 0 Å². The Morgan fingerprint density at radius 3 is 2.22 bits per heavy atom. The van der Waals surface area contributed by atoms with Crippen LogP contribution in [0.4, 0.5) is 0 Å². The van der Waals surface area contributed by atoms with Gasteiger partial charge in [-0.05, 0) is 54.3 Å². The van der Waals surface area contributed by atoms with Crippen LogP contribution in [-0.2, 0) is 28.3 Å². The first kappa shape index (κ1) is 29.4. The Labute approximate surface area is 238 Å². The van der Waals surface area contributed by atoms with E-state index in [4.69, 9.17) is 34.8 Å². The summed E-state index contributed by atoms with van der Waals surface area (Å²) in [5, 5.41) is 4.69. The maximum absolute atomic E-state index is 13.7. The van der Waals surface area contributed by atoms with E-state index in [0.717, 1.165) is 23.1 Å². The van der Waals surface area contributed by atoms with Crippen molar-refractivity contribution in [3.63, 3.8) is 0 Å². The second-order valence-electron chi connectivity index (χ2n) is 8.91. The number of rotatable bonds is 12. The van der Waals surface area contributed by atoms with Crippen LogP contribution in [0.15, 0.2) is 72.8 Å². The van der Waals surface area contributed by atoms with E-state index >= 15 is 0 Å². The Kier molecular flexibility index (Phi) is 11.7. The van der Waals surface area contributed by atoms with Crippen molar-refractivity contribution in [2.24, 2.45) is 0 Å².